The fourth-order valence-corrected chi connectivity index (χ4v) is 3.52. The molecule has 3 unspecified atom stereocenters. The van der Waals surface area contributed by atoms with Crippen LogP contribution in [0.1, 0.15) is 77.5 Å². The SMILES string of the molecule is C#CN(C(=O)C(CCC(N)=O)NC(=O)OC(C)(C)C)C(C(=O)NC(C)CCC)c1ccc(O)c(C)c1. The minimum Gasteiger partial charge on any atom is -0.508 e. The number of ether oxygens (including phenoxy) is 1. The molecule has 10 heteroatoms. The van der Waals surface area contributed by atoms with Gasteiger partial charge in [-0.15, -0.1) is 0 Å². The predicted octanol–water partition coefficient (Wildman–Crippen LogP) is 2.62. The van der Waals surface area contributed by atoms with Gasteiger partial charge in [-0.05, 0) is 70.7 Å². The van der Waals surface area contributed by atoms with Crippen molar-refractivity contribution in [1.29, 1.82) is 0 Å². The van der Waals surface area contributed by atoms with Crippen LogP contribution in [0.5, 0.6) is 5.75 Å². The zero-order valence-electron chi connectivity index (χ0n) is 21.9. The third-order valence-corrected chi connectivity index (χ3v) is 5.20. The number of terminal acetylenes is 1. The molecule has 1 rings (SSSR count). The summed E-state index contributed by atoms with van der Waals surface area (Å²) in [5.41, 5.74) is 5.27. The Kier molecular flexibility index (Phi) is 11.3. The molecule has 0 saturated heterocycles. The minimum atomic E-state index is -1.29. The zero-order chi connectivity index (χ0) is 27.6. The van der Waals surface area contributed by atoms with E-state index in [1.807, 2.05) is 13.8 Å². The highest BCUT2D eigenvalue weighted by Gasteiger charge is 2.36. The van der Waals surface area contributed by atoms with Gasteiger partial charge in [0.05, 0.1) is 0 Å². The highest BCUT2D eigenvalue weighted by atomic mass is 16.6. The molecule has 0 fully saturated rings. The zero-order valence-corrected chi connectivity index (χ0v) is 21.9. The van der Waals surface area contributed by atoms with Gasteiger partial charge < -0.3 is 26.2 Å². The number of phenolic OH excluding ortho intramolecular Hbond substituents is 1. The van der Waals surface area contributed by atoms with Gasteiger partial charge in [-0.1, -0.05) is 25.8 Å². The lowest BCUT2D eigenvalue weighted by Gasteiger charge is -2.31. The van der Waals surface area contributed by atoms with Gasteiger partial charge in [0.25, 0.3) is 5.91 Å². The normalized spacial score (nSPS) is 13.5. The number of carbonyl (C=O) groups is 4. The molecule has 1 aromatic carbocycles. The van der Waals surface area contributed by atoms with Gasteiger partial charge in [-0.25, -0.2) is 4.79 Å². The first-order valence-corrected chi connectivity index (χ1v) is 11.9. The number of alkyl carbamates (subject to hydrolysis) is 1. The van der Waals surface area contributed by atoms with Gasteiger partial charge in [-0.3, -0.25) is 19.3 Å². The van der Waals surface area contributed by atoms with E-state index in [9.17, 15) is 24.3 Å². The fourth-order valence-electron chi connectivity index (χ4n) is 3.52. The Balaban J connectivity index is 3.44. The third-order valence-electron chi connectivity index (χ3n) is 5.20. The molecule has 198 valence electrons. The first kappa shape index (κ1) is 30.3. The Morgan fingerprint density at radius 1 is 1.19 bits per heavy atom. The molecule has 0 spiro atoms. The van der Waals surface area contributed by atoms with Crippen molar-refractivity contribution in [3.05, 3.63) is 29.3 Å². The Bertz CT molecular complexity index is 995. The van der Waals surface area contributed by atoms with Gasteiger partial charge in [0.1, 0.15) is 23.4 Å². The first-order valence-electron chi connectivity index (χ1n) is 11.9. The number of phenols is 1. The van der Waals surface area contributed by atoms with Crippen LogP contribution < -0.4 is 16.4 Å². The molecular weight excluding hydrogens is 464 g/mol. The predicted molar refractivity (Wildman–Crippen MR) is 135 cm³/mol. The van der Waals surface area contributed by atoms with Crippen LogP contribution in [-0.2, 0) is 19.1 Å². The summed E-state index contributed by atoms with van der Waals surface area (Å²) in [6, 6.07) is 3.98. The number of nitrogens with zero attached hydrogens (tertiary/aromatic N) is 1. The van der Waals surface area contributed by atoms with Crippen molar-refractivity contribution < 1.29 is 29.0 Å². The van der Waals surface area contributed by atoms with Crippen molar-refractivity contribution in [2.45, 2.75) is 91.0 Å². The van der Waals surface area contributed by atoms with Gasteiger partial charge in [-0.2, -0.15) is 0 Å². The highest BCUT2D eigenvalue weighted by Crippen LogP contribution is 2.27. The molecule has 0 saturated carbocycles. The average molecular weight is 503 g/mol. The van der Waals surface area contributed by atoms with Crippen molar-refractivity contribution in [3.63, 3.8) is 0 Å². The first-order chi connectivity index (χ1) is 16.7. The van der Waals surface area contributed by atoms with Crippen LogP contribution in [-0.4, -0.2) is 51.5 Å². The molecule has 3 atom stereocenters. The van der Waals surface area contributed by atoms with E-state index in [-0.39, 0.29) is 24.6 Å². The Hall–Kier alpha value is -3.74. The van der Waals surface area contributed by atoms with Gasteiger partial charge in [0.2, 0.25) is 11.8 Å². The minimum absolute atomic E-state index is 0.0155. The Labute approximate surface area is 212 Å². The van der Waals surface area contributed by atoms with Crippen LogP contribution in [0, 0.1) is 19.4 Å². The maximum absolute atomic E-state index is 13.6. The number of aryl methyl sites for hydroxylation is 1. The van der Waals surface area contributed by atoms with Crippen LogP contribution in [0.4, 0.5) is 4.79 Å². The standard InChI is InChI=1S/C26H38N4O6/c1-8-10-17(4)28-23(33)22(18-11-13-20(31)16(3)15-18)30(9-2)24(34)19(12-14-21(27)32)29-25(35)36-26(5,6)7/h2,11,13,15,17,19,22,31H,8,10,12,14H2,1,3-7H3,(H2,27,32)(H,28,33)(H,29,35). The number of amides is 4. The number of rotatable bonds is 11. The molecule has 0 bridgehead atoms. The van der Waals surface area contributed by atoms with Crippen molar-refractivity contribution in [2.75, 3.05) is 0 Å². The van der Waals surface area contributed by atoms with Crippen molar-refractivity contribution in [1.82, 2.24) is 15.5 Å². The largest absolute Gasteiger partial charge is 0.508 e. The van der Waals surface area contributed by atoms with E-state index < -0.39 is 41.5 Å². The molecule has 0 aromatic heterocycles. The van der Waals surface area contributed by atoms with E-state index in [0.717, 1.165) is 11.3 Å². The van der Waals surface area contributed by atoms with E-state index in [1.54, 1.807) is 33.8 Å². The number of hydrogen-bond acceptors (Lipinski definition) is 6. The molecule has 0 aliphatic carbocycles. The summed E-state index contributed by atoms with van der Waals surface area (Å²) < 4.78 is 5.24. The second kappa shape index (κ2) is 13.4. The summed E-state index contributed by atoms with van der Waals surface area (Å²) in [5.74, 6) is -1.98. The molecule has 5 N–H and O–H groups in total. The second-order valence-corrected chi connectivity index (χ2v) is 9.69. The average Bonchev–Trinajstić information content (AvgIpc) is 2.75. The summed E-state index contributed by atoms with van der Waals surface area (Å²) in [4.78, 5) is 51.7. The monoisotopic (exact) mass is 502 g/mol. The lowest BCUT2D eigenvalue weighted by atomic mass is 9.99. The van der Waals surface area contributed by atoms with Crippen LogP contribution >= 0.6 is 0 Å². The van der Waals surface area contributed by atoms with Crippen LogP contribution in [0.2, 0.25) is 0 Å². The Morgan fingerprint density at radius 2 is 1.83 bits per heavy atom. The van der Waals surface area contributed by atoms with E-state index >= 15 is 0 Å². The number of aromatic hydroxyl groups is 1. The quantitative estimate of drug-likeness (QED) is 0.270. The van der Waals surface area contributed by atoms with Gasteiger partial charge in [0.15, 0.2) is 0 Å². The topological polar surface area (TPSA) is 151 Å². The molecule has 0 aliphatic heterocycles. The van der Waals surface area contributed by atoms with E-state index in [0.29, 0.717) is 17.5 Å². The van der Waals surface area contributed by atoms with Crippen molar-refractivity contribution in [3.8, 4) is 18.2 Å². The number of nitrogens with one attached hydrogen (secondary N) is 2. The molecule has 0 heterocycles. The van der Waals surface area contributed by atoms with Crippen LogP contribution in [0.15, 0.2) is 18.2 Å². The smallest absolute Gasteiger partial charge is 0.408 e. The lowest BCUT2D eigenvalue weighted by Crippen LogP contribution is -2.52. The summed E-state index contributed by atoms with van der Waals surface area (Å²) in [6.07, 6.45) is 6.01. The summed E-state index contributed by atoms with van der Waals surface area (Å²) in [7, 11) is 0. The number of benzene rings is 1. The summed E-state index contributed by atoms with van der Waals surface area (Å²) in [6.45, 7) is 10.4. The van der Waals surface area contributed by atoms with E-state index in [4.69, 9.17) is 16.9 Å². The maximum Gasteiger partial charge on any atom is 0.408 e. The number of hydrogen-bond donors (Lipinski definition) is 4. The maximum atomic E-state index is 13.6. The fraction of sp³-hybridized carbons (Fsp3) is 0.538. The summed E-state index contributed by atoms with van der Waals surface area (Å²) in [5, 5.41) is 15.3. The number of nitrogens with two attached hydrogens (primary N) is 1. The molecule has 0 aliphatic rings. The molecule has 10 nitrogen and oxygen atoms in total. The van der Waals surface area contributed by atoms with E-state index in [1.165, 1.54) is 12.1 Å². The van der Waals surface area contributed by atoms with Gasteiger partial charge in [0, 0.05) is 18.5 Å². The third kappa shape index (κ3) is 9.49. The van der Waals surface area contributed by atoms with Gasteiger partial charge >= 0.3 is 6.09 Å². The molecule has 0 radical (unpaired) electrons. The van der Waals surface area contributed by atoms with E-state index in [2.05, 4.69) is 16.7 Å². The summed E-state index contributed by atoms with van der Waals surface area (Å²) >= 11 is 0. The van der Waals surface area contributed by atoms with Crippen LogP contribution in [0.25, 0.3) is 0 Å². The highest BCUT2D eigenvalue weighted by molar-refractivity contribution is 5.93. The second-order valence-electron chi connectivity index (χ2n) is 9.69. The van der Waals surface area contributed by atoms with Crippen LogP contribution in [0.3, 0.4) is 0 Å². The number of primary amides is 1. The molecule has 36 heavy (non-hydrogen) atoms. The lowest BCUT2D eigenvalue weighted by molar-refractivity contribution is -0.139. The molecular formula is C26H38N4O6. The molecule has 4 amide bonds. The van der Waals surface area contributed by atoms with Crippen molar-refractivity contribution in [2.24, 2.45) is 5.73 Å². The van der Waals surface area contributed by atoms with Crippen molar-refractivity contribution >= 4 is 23.8 Å². The molecule has 1 aromatic rings. The Morgan fingerprint density at radius 3 is 2.33 bits per heavy atom. The number of carbonyl (C=O) groups excluding carboxylic acids is 4.